The molecule has 0 saturated carbocycles. The highest BCUT2D eigenvalue weighted by atomic mass is 19.1. The van der Waals surface area contributed by atoms with Gasteiger partial charge in [-0.15, -0.1) is 0 Å². The number of carbonyl (C=O) groups is 1. The molecule has 0 saturated heterocycles. The molecule has 0 bridgehead atoms. The molecule has 130 valence electrons. The number of carbonyl (C=O) groups excluding carboxylic acids is 1. The third kappa shape index (κ3) is 3.54. The highest BCUT2D eigenvalue weighted by molar-refractivity contribution is 5.94. The molecule has 9 heteroatoms. The number of benzene rings is 1. The number of halogens is 2. The van der Waals surface area contributed by atoms with Crippen molar-refractivity contribution < 1.29 is 13.6 Å². The summed E-state index contributed by atoms with van der Waals surface area (Å²) in [6.07, 6.45) is 2.14. The molecule has 0 fully saturated rings. The molecule has 2 aromatic heterocycles. The third-order valence-corrected chi connectivity index (χ3v) is 3.57. The molecule has 0 aliphatic rings. The summed E-state index contributed by atoms with van der Waals surface area (Å²) in [6, 6.07) is 5.13. The summed E-state index contributed by atoms with van der Waals surface area (Å²) in [5.74, 6) is -1.44. The van der Waals surface area contributed by atoms with Crippen LogP contribution in [0.4, 0.5) is 14.6 Å². The Morgan fingerprint density at radius 3 is 2.72 bits per heavy atom. The highest BCUT2D eigenvalue weighted by Gasteiger charge is 2.16. The monoisotopic (exact) mass is 346 g/mol. The van der Waals surface area contributed by atoms with Gasteiger partial charge in [0.25, 0.3) is 11.7 Å². The minimum absolute atomic E-state index is 0.173. The van der Waals surface area contributed by atoms with Crippen LogP contribution in [0.25, 0.3) is 5.78 Å². The predicted octanol–water partition coefficient (Wildman–Crippen LogP) is 1.81. The number of fused-ring (bicyclic) bond motifs is 1. The molecule has 0 radical (unpaired) electrons. The fourth-order valence-electron chi connectivity index (χ4n) is 2.34. The van der Waals surface area contributed by atoms with E-state index in [4.69, 9.17) is 0 Å². The van der Waals surface area contributed by atoms with Crippen LogP contribution in [0, 0.1) is 11.6 Å². The van der Waals surface area contributed by atoms with Crippen LogP contribution in [0.5, 0.6) is 0 Å². The Morgan fingerprint density at radius 1 is 1.24 bits per heavy atom. The van der Waals surface area contributed by atoms with Crippen LogP contribution < -0.4 is 10.6 Å². The van der Waals surface area contributed by atoms with E-state index in [0.717, 1.165) is 24.2 Å². The van der Waals surface area contributed by atoms with E-state index in [1.807, 2.05) is 13.0 Å². The van der Waals surface area contributed by atoms with E-state index in [1.165, 1.54) is 16.9 Å². The average molecular weight is 346 g/mol. The molecule has 7 nitrogen and oxygen atoms in total. The second-order valence-electron chi connectivity index (χ2n) is 5.24. The third-order valence-electron chi connectivity index (χ3n) is 3.57. The Hall–Kier alpha value is -3.10. The molecule has 3 aromatic rings. The summed E-state index contributed by atoms with van der Waals surface area (Å²) < 4.78 is 28.7. The SMILES string of the molecule is CCc1cc(NCCNC(=O)c2c(F)cccc2F)n2ncnc2n1. The number of anilines is 1. The maximum atomic E-state index is 13.6. The number of rotatable bonds is 6. The maximum absolute atomic E-state index is 13.6. The number of aryl methyl sites for hydroxylation is 1. The topological polar surface area (TPSA) is 84.2 Å². The van der Waals surface area contributed by atoms with Gasteiger partial charge in [-0.2, -0.15) is 14.6 Å². The Kier molecular flexibility index (Phi) is 4.82. The zero-order valence-electron chi connectivity index (χ0n) is 13.5. The van der Waals surface area contributed by atoms with E-state index in [-0.39, 0.29) is 6.54 Å². The lowest BCUT2D eigenvalue weighted by molar-refractivity contribution is 0.0946. The van der Waals surface area contributed by atoms with Crippen molar-refractivity contribution in [2.75, 3.05) is 18.4 Å². The van der Waals surface area contributed by atoms with Gasteiger partial charge in [0, 0.05) is 24.8 Å². The zero-order chi connectivity index (χ0) is 17.8. The largest absolute Gasteiger partial charge is 0.368 e. The van der Waals surface area contributed by atoms with Crippen LogP contribution >= 0.6 is 0 Å². The first-order valence-corrected chi connectivity index (χ1v) is 7.76. The van der Waals surface area contributed by atoms with Crippen LogP contribution in [0.15, 0.2) is 30.6 Å². The first-order chi connectivity index (χ1) is 12.1. The number of hydrogen-bond acceptors (Lipinski definition) is 5. The van der Waals surface area contributed by atoms with Gasteiger partial charge in [0.05, 0.1) is 0 Å². The second-order valence-corrected chi connectivity index (χ2v) is 5.24. The molecule has 0 aliphatic carbocycles. The highest BCUT2D eigenvalue weighted by Crippen LogP contribution is 2.12. The average Bonchev–Trinajstić information content (AvgIpc) is 3.07. The number of nitrogens with zero attached hydrogens (tertiary/aromatic N) is 4. The summed E-state index contributed by atoms with van der Waals surface area (Å²) in [7, 11) is 0. The molecule has 2 heterocycles. The van der Waals surface area contributed by atoms with Crippen LogP contribution in [0.3, 0.4) is 0 Å². The summed E-state index contributed by atoms with van der Waals surface area (Å²) in [4.78, 5) is 20.3. The molecule has 0 aliphatic heterocycles. The molecule has 25 heavy (non-hydrogen) atoms. The summed E-state index contributed by atoms with van der Waals surface area (Å²) in [5, 5.41) is 9.65. The number of nitrogens with one attached hydrogen (secondary N) is 2. The molecule has 0 atom stereocenters. The van der Waals surface area contributed by atoms with E-state index < -0.39 is 23.1 Å². The standard InChI is InChI=1S/C16H16F2N6O/c1-2-10-8-13(24-16(23-10)21-9-22-24)19-6-7-20-15(25)14-11(17)4-3-5-12(14)18/h3-5,8-9,19H,2,6-7H2,1H3,(H,20,25). The Morgan fingerprint density at radius 2 is 2.00 bits per heavy atom. The fraction of sp³-hybridized carbons (Fsp3) is 0.250. The van der Waals surface area contributed by atoms with Gasteiger partial charge in [-0.1, -0.05) is 13.0 Å². The lowest BCUT2D eigenvalue weighted by Gasteiger charge is -2.10. The minimum atomic E-state index is -0.892. The molecule has 0 spiro atoms. The summed E-state index contributed by atoms with van der Waals surface area (Å²) >= 11 is 0. The second kappa shape index (κ2) is 7.20. The van der Waals surface area contributed by atoms with Crippen molar-refractivity contribution in [3.05, 3.63) is 53.5 Å². The van der Waals surface area contributed by atoms with Crippen LogP contribution in [0.1, 0.15) is 23.0 Å². The van der Waals surface area contributed by atoms with Crippen LogP contribution in [0.2, 0.25) is 0 Å². The van der Waals surface area contributed by atoms with Crippen molar-refractivity contribution in [1.29, 1.82) is 0 Å². The number of hydrogen-bond donors (Lipinski definition) is 2. The van der Waals surface area contributed by atoms with Gasteiger partial charge >= 0.3 is 0 Å². The van der Waals surface area contributed by atoms with Gasteiger partial charge in [0.15, 0.2) is 0 Å². The number of aromatic nitrogens is 4. The molecule has 3 rings (SSSR count). The lowest BCUT2D eigenvalue weighted by Crippen LogP contribution is -2.30. The predicted molar refractivity (Wildman–Crippen MR) is 87.3 cm³/mol. The van der Waals surface area contributed by atoms with Gasteiger partial charge in [0.2, 0.25) is 0 Å². The Balaban J connectivity index is 1.62. The smallest absolute Gasteiger partial charge is 0.257 e. The molecular formula is C16H16F2N6O. The van der Waals surface area contributed by atoms with Crippen LogP contribution in [-0.2, 0) is 6.42 Å². The molecular weight excluding hydrogens is 330 g/mol. The van der Waals surface area contributed by atoms with Crippen molar-refractivity contribution >= 4 is 17.5 Å². The number of amides is 1. The fourth-order valence-corrected chi connectivity index (χ4v) is 2.34. The van der Waals surface area contributed by atoms with Gasteiger partial charge in [0.1, 0.15) is 29.3 Å². The van der Waals surface area contributed by atoms with Gasteiger partial charge < -0.3 is 10.6 Å². The Labute approximate surface area is 142 Å². The van der Waals surface area contributed by atoms with E-state index in [0.29, 0.717) is 18.1 Å². The van der Waals surface area contributed by atoms with Crippen LogP contribution in [-0.4, -0.2) is 38.6 Å². The zero-order valence-corrected chi connectivity index (χ0v) is 13.5. The minimum Gasteiger partial charge on any atom is -0.368 e. The van der Waals surface area contributed by atoms with E-state index >= 15 is 0 Å². The molecule has 0 unspecified atom stereocenters. The lowest BCUT2D eigenvalue weighted by atomic mass is 10.2. The van der Waals surface area contributed by atoms with Gasteiger partial charge in [-0.3, -0.25) is 4.79 Å². The van der Waals surface area contributed by atoms with E-state index in [1.54, 1.807) is 0 Å². The van der Waals surface area contributed by atoms with E-state index in [2.05, 4.69) is 25.7 Å². The quantitative estimate of drug-likeness (QED) is 0.665. The molecule has 2 N–H and O–H groups in total. The van der Waals surface area contributed by atoms with Crippen molar-refractivity contribution in [2.45, 2.75) is 13.3 Å². The van der Waals surface area contributed by atoms with Gasteiger partial charge in [-0.25, -0.2) is 13.8 Å². The van der Waals surface area contributed by atoms with Crippen molar-refractivity contribution in [3.8, 4) is 0 Å². The maximum Gasteiger partial charge on any atom is 0.257 e. The van der Waals surface area contributed by atoms with E-state index in [9.17, 15) is 13.6 Å². The van der Waals surface area contributed by atoms with Gasteiger partial charge in [-0.05, 0) is 18.6 Å². The summed E-state index contributed by atoms with van der Waals surface area (Å²) in [5.41, 5.74) is 0.263. The normalized spacial score (nSPS) is 10.8. The molecule has 1 amide bonds. The van der Waals surface area contributed by atoms with Crippen molar-refractivity contribution in [1.82, 2.24) is 24.9 Å². The van der Waals surface area contributed by atoms with Crippen molar-refractivity contribution in [3.63, 3.8) is 0 Å². The Bertz CT molecular complexity index is 891. The van der Waals surface area contributed by atoms with Crippen molar-refractivity contribution in [2.24, 2.45) is 0 Å². The first kappa shape index (κ1) is 16.7. The summed E-state index contributed by atoms with van der Waals surface area (Å²) in [6.45, 7) is 2.48. The first-order valence-electron chi connectivity index (χ1n) is 7.76. The molecule has 1 aromatic carbocycles.